The summed E-state index contributed by atoms with van der Waals surface area (Å²) in [4.78, 5) is 9.55. The van der Waals surface area contributed by atoms with Crippen molar-refractivity contribution in [3.63, 3.8) is 0 Å². The molecule has 0 fully saturated rings. The van der Waals surface area contributed by atoms with Gasteiger partial charge in [-0.3, -0.25) is 4.79 Å². The number of hydrogen-bond donors (Lipinski definition) is 0. The van der Waals surface area contributed by atoms with Gasteiger partial charge in [-0.15, -0.1) is 0 Å². The van der Waals surface area contributed by atoms with Crippen LogP contribution in [0.5, 0.6) is 0 Å². The van der Waals surface area contributed by atoms with E-state index in [9.17, 15) is 4.79 Å². The first-order valence-corrected chi connectivity index (χ1v) is 2.90. The van der Waals surface area contributed by atoms with Crippen molar-refractivity contribution in [2.24, 2.45) is 5.92 Å². The van der Waals surface area contributed by atoms with Crippen LogP contribution in [-0.2, 0) is 14.3 Å². The third-order valence-electron chi connectivity index (χ3n) is 0.671. The molecule has 0 aromatic carbocycles. The molecular weight excluding hydrogens is 120 g/mol. The van der Waals surface area contributed by atoms with E-state index in [2.05, 4.69) is 4.74 Å². The van der Waals surface area contributed by atoms with E-state index in [1.54, 1.807) is 0 Å². The number of hydrogen-bond acceptors (Lipinski definition) is 3. The Morgan fingerprint density at radius 1 is 1.56 bits per heavy atom. The molecule has 0 aliphatic carbocycles. The normalized spacial score (nSPS) is 9.67. The topological polar surface area (TPSA) is 35.5 Å². The Kier molecular flexibility index (Phi) is 5.21. The lowest BCUT2D eigenvalue weighted by atomic mass is 10.2. The molecule has 0 radical (unpaired) electrons. The molecule has 0 N–H and O–H groups in total. The number of rotatable bonds is 5. The zero-order valence-corrected chi connectivity index (χ0v) is 5.79. The largest absolute Gasteiger partial charge is 0.441 e. The van der Waals surface area contributed by atoms with Crippen LogP contribution in [0, 0.1) is 5.92 Å². The van der Waals surface area contributed by atoms with Crippen molar-refractivity contribution < 1.29 is 14.3 Å². The van der Waals surface area contributed by atoms with Crippen molar-refractivity contribution in [1.82, 2.24) is 0 Å². The monoisotopic (exact) mass is 132 g/mol. The highest BCUT2D eigenvalue weighted by Crippen LogP contribution is 1.90. The fraction of sp³-hybridized carbons (Fsp3) is 0.833. The lowest BCUT2D eigenvalue weighted by molar-refractivity contribution is -0.141. The van der Waals surface area contributed by atoms with Gasteiger partial charge in [-0.2, -0.15) is 0 Å². The summed E-state index contributed by atoms with van der Waals surface area (Å²) >= 11 is 0. The van der Waals surface area contributed by atoms with Gasteiger partial charge in [-0.05, 0) is 5.92 Å². The van der Waals surface area contributed by atoms with E-state index in [1.165, 1.54) is 0 Å². The molecule has 0 aliphatic heterocycles. The molecule has 0 saturated heterocycles. The third kappa shape index (κ3) is 7.43. The van der Waals surface area contributed by atoms with Crippen LogP contribution in [0.3, 0.4) is 0 Å². The van der Waals surface area contributed by atoms with Crippen LogP contribution in [0.1, 0.15) is 13.8 Å². The minimum absolute atomic E-state index is 0.0711. The average Bonchev–Trinajstić information content (AvgIpc) is 1.80. The summed E-state index contributed by atoms with van der Waals surface area (Å²) in [5, 5.41) is 0. The molecule has 0 atom stereocenters. The van der Waals surface area contributed by atoms with Gasteiger partial charge in [0.1, 0.15) is 0 Å². The van der Waals surface area contributed by atoms with Crippen LogP contribution in [0.4, 0.5) is 0 Å². The molecule has 9 heavy (non-hydrogen) atoms. The Hall–Kier alpha value is -0.570. The average molecular weight is 132 g/mol. The van der Waals surface area contributed by atoms with Gasteiger partial charge < -0.3 is 9.47 Å². The predicted octanol–water partition coefficient (Wildman–Crippen LogP) is 0.789. The molecule has 3 heteroatoms. The van der Waals surface area contributed by atoms with Crippen LogP contribution in [0.2, 0.25) is 0 Å². The standard InChI is InChI=1S/C6H12O3/c1-6(2)3-8-5-9-4-7/h4,6H,3,5H2,1-2H3. The summed E-state index contributed by atoms with van der Waals surface area (Å²) in [5.41, 5.74) is 0. The van der Waals surface area contributed by atoms with Gasteiger partial charge in [-0.25, -0.2) is 0 Å². The van der Waals surface area contributed by atoms with Crippen LogP contribution in [0.15, 0.2) is 0 Å². The summed E-state index contributed by atoms with van der Waals surface area (Å²) < 4.78 is 9.16. The zero-order chi connectivity index (χ0) is 7.11. The van der Waals surface area contributed by atoms with E-state index >= 15 is 0 Å². The second kappa shape index (κ2) is 5.56. The van der Waals surface area contributed by atoms with E-state index in [4.69, 9.17) is 4.74 Å². The van der Waals surface area contributed by atoms with E-state index in [0.717, 1.165) is 0 Å². The summed E-state index contributed by atoms with van der Waals surface area (Å²) in [5.74, 6) is 0.486. The number of carbonyl (C=O) groups excluding carboxylic acids is 1. The summed E-state index contributed by atoms with van der Waals surface area (Å²) in [6.45, 7) is 5.14. The smallest absolute Gasteiger partial charge is 0.295 e. The van der Waals surface area contributed by atoms with E-state index in [-0.39, 0.29) is 6.79 Å². The van der Waals surface area contributed by atoms with Crippen LogP contribution >= 0.6 is 0 Å². The van der Waals surface area contributed by atoms with Gasteiger partial charge >= 0.3 is 0 Å². The predicted molar refractivity (Wildman–Crippen MR) is 32.8 cm³/mol. The highest BCUT2D eigenvalue weighted by atomic mass is 16.7. The van der Waals surface area contributed by atoms with Crippen molar-refractivity contribution in [1.29, 1.82) is 0 Å². The molecule has 0 unspecified atom stereocenters. The molecule has 54 valence electrons. The minimum Gasteiger partial charge on any atom is -0.441 e. The van der Waals surface area contributed by atoms with Gasteiger partial charge in [0.25, 0.3) is 6.47 Å². The second-order valence-corrected chi connectivity index (χ2v) is 2.15. The Bertz CT molecular complexity index is 70.7. The molecule has 0 aromatic rings. The van der Waals surface area contributed by atoms with Crippen molar-refractivity contribution in [3.8, 4) is 0 Å². The van der Waals surface area contributed by atoms with Crippen molar-refractivity contribution >= 4 is 6.47 Å². The summed E-state index contributed by atoms with van der Waals surface area (Å²) in [6.07, 6.45) is 0. The maximum Gasteiger partial charge on any atom is 0.295 e. The van der Waals surface area contributed by atoms with Crippen molar-refractivity contribution in [2.75, 3.05) is 13.4 Å². The van der Waals surface area contributed by atoms with E-state index in [1.807, 2.05) is 13.8 Å². The molecule has 0 amide bonds. The van der Waals surface area contributed by atoms with Gasteiger partial charge in [-0.1, -0.05) is 13.8 Å². The van der Waals surface area contributed by atoms with Gasteiger partial charge in [0.15, 0.2) is 6.79 Å². The fourth-order valence-electron chi connectivity index (χ4n) is 0.360. The Balaban J connectivity index is 2.82. The minimum atomic E-state index is 0.0711. The summed E-state index contributed by atoms with van der Waals surface area (Å²) in [6, 6.07) is 0. The van der Waals surface area contributed by atoms with Crippen molar-refractivity contribution in [2.45, 2.75) is 13.8 Å². The molecular formula is C6H12O3. The molecule has 0 heterocycles. The SMILES string of the molecule is CC(C)COCOC=O. The number of ether oxygens (including phenoxy) is 2. The molecule has 0 bridgehead atoms. The maximum atomic E-state index is 9.55. The first-order valence-electron chi connectivity index (χ1n) is 2.90. The van der Waals surface area contributed by atoms with Crippen LogP contribution in [-0.4, -0.2) is 19.9 Å². The van der Waals surface area contributed by atoms with Gasteiger partial charge in [0, 0.05) is 0 Å². The van der Waals surface area contributed by atoms with Gasteiger partial charge in [0.2, 0.25) is 0 Å². The van der Waals surface area contributed by atoms with Crippen LogP contribution in [0.25, 0.3) is 0 Å². The zero-order valence-electron chi connectivity index (χ0n) is 5.79. The number of carbonyl (C=O) groups is 1. The second-order valence-electron chi connectivity index (χ2n) is 2.15. The summed E-state index contributed by atoms with van der Waals surface area (Å²) in [7, 11) is 0. The quantitative estimate of drug-likeness (QED) is 0.315. The maximum absolute atomic E-state index is 9.55. The first-order chi connectivity index (χ1) is 4.27. The van der Waals surface area contributed by atoms with Gasteiger partial charge in [0.05, 0.1) is 6.61 Å². The molecule has 3 nitrogen and oxygen atoms in total. The molecule has 0 aliphatic rings. The first kappa shape index (κ1) is 8.43. The lowest BCUT2D eigenvalue weighted by Crippen LogP contribution is -2.04. The lowest BCUT2D eigenvalue weighted by Gasteiger charge is -2.03. The third-order valence-corrected chi connectivity index (χ3v) is 0.671. The Morgan fingerprint density at radius 3 is 2.67 bits per heavy atom. The molecule has 0 aromatic heterocycles. The van der Waals surface area contributed by atoms with Crippen LogP contribution < -0.4 is 0 Å². The molecule has 0 saturated carbocycles. The Morgan fingerprint density at radius 2 is 2.22 bits per heavy atom. The van der Waals surface area contributed by atoms with E-state index in [0.29, 0.717) is 19.0 Å². The highest BCUT2D eigenvalue weighted by Gasteiger charge is 1.91. The molecule has 0 spiro atoms. The Labute approximate surface area is 55.0 Å². The van der Waals surface area contributed by atoms with Crippen molar-refractivity contribution in [3.05, 3.63) is 0 Å². The fourth-order valence-corrected chi connectivity index (χ4v) is 0.360. The van der Waals surface area contributed by atoms with E-state index < -0.39 is 0 Å². The highest BCUT2D eigenvalue weighted by molar-refractivity contribution is 5.36. The molecule has 0 rings (SSSR count).